The van der Waals surface area contributed by atoms with Gasteiger partial charge < -0.3 is 25.2 Å². The number of carbonyl (C=O) groups is 1. The van der Waals surface area contributed by atoms with Crippen LogP contribution in [-0.4, -0.2) is 61.3 Å². The molecule has 1 aromatic carbocycles. The number of alkyl halides is 1. The van der Waals surface area contributed by atoms with Gasteiger partial charge in [-0.1, -0.05) is 0 Å². The average Bonchev–Trinajstić information content (AvgIpc) is 3.01. The lowest BCUT2D eigenvalue weighted by atomic mass is 10.1. The molecule has 0 aliphatic carbocycles. The minimum Gasteiger partial charge on any atom is -0.493 e. The van der Waals surface area contributed by atoms with E-state index in [1.54, 1.807) is 17.2 Å². The Balaban J connectivity index is 1.47. The van der Waals surface area contributed by atoms with Crippen LogP contribution >= 0.6 is 0 Å². The Morgan fingerprint density at radius 2 is 2.17 bits per heavy atom. The number of nitrogens with zero attached hydrogens (tertiary/aromatic N) is 3. The van der Waals surface area contributed by atoms with Crippen LogP contribution in [0.2, 0.25) is 0 Å². The third-order valence-corrected chi connectivity index (χ3v) is 5.32. The third kappa shape index (κ3) is 4.33. The molecule has 0 radical (unpaired) electrons. The largest absolute Gasteiger partial charge is 0.493 e. The van der Waals surface area contributed by atoms with Crippen molar-refractivity contribution in [1.29, 1.82) is 0 Å². The van der Waals surface area contributed by atoms with E-state index in [2.05, 4.69) is 27.4 Å². The molecule has 2 N–H and O–H groups in total. The molecular weight excluding hydrogens is 385 g/mol. The first-order chi connectivity index (χ1) is 14.3. The van der Waals surface area contributed by atoms with Gasteiger partial charge in [-0.2, -0.15) is 0 Å². The van der Waals surface area contributed by atoms with Crippen LogP contribution in [0.1, 0.15) is 20.8 Å². The predicted molar refractivity (Wildman–Crippen MR) is 116 cm³/mol. The molecule has 0 saturated carbocycles. The molecule has 1 aromatic rings. The van der Waals surface area contributed by atoms with Crippen LogP contribution in [0.25, 0.3) is 0 Å². The van der Waals surface area contributed by atoms with E-state index < -0.39 is 5.79 Å². The number of rotatable bonds is 5. The summed E-state index contributed by atoms with van der Waals surface area (Å²) in [6.07, 6.45) is 3.23. The smallest absolute Gasteiger partial charge is 0.260 e. The molecule has 3 aliphatic heterocycles. The van der Waals surface area contributed by atoms with Gasteiger partial charge in [0.05, 0.1) is 18.7 Å². The topological polar surface area (TPSA) is 69.2 Å². The number of halogens is 1. The van der Waals surface area contributed by atoms with Gasteiger partial charge >= 0.3 is 0 Å². The number of amidine groups is 1. The highest BCUT2D eigenvalue weighted by Gasteiger charge is 2.37. The van der Waals surface area contributed by atoms with E-state index in [0.29, 0.717) is 35.5 Å². The number of fused-ring (bicyclic) bond motifs is 1. The lowest BCUT2D eigenvalue weighted by Gasteiger charge is -2.33. The van der Waals surface area contributed by atoms with Crippen molar-refractivity contribution in [2.45, 2.75) is 32.6 Å². The highest BCUT2D eigenvalue weighted by atomic mass is 19.1. The summed E-state index contributed by atoms with van der Waals surface area (Å²) in [5.41, 5.74) is 2.18. The molecule has 0 spiro atoms. The molecule has 2 atom stereocenters. The zero-order chi connectivity index (χ0) is 21.3. The standard InChI is InChI=1S/C22H28FN5O2/c1-4-30-19-11-20-26-22(3,23)14-28(20)13-18(19)21(29)25-16-5-7-17(8-6-16)27-10-9-24-15(2)12-27/h5-8,11,13,15,24H,4,9-10,12,14H2,1-3H3,(H,25,29)/t15-,22?/m0/s1. The maximum atomic E-state index is 14.3. The lowest BCUT2D eigenvalue weighted by molar-refractivity contribution is -0.113. The zero-order valence-corrected chi connectivity index (χ0v) is 17.6. The van der Waals surface area contributed by atoms with E-state index in [-0.39, 0.29) is 12.5 Å². The van der Waals surface area contributed by atoms with Crippen molar-refractivity contribution in [2.24, 2.45) is 4.99 Å². The summed E-state index contributed by atoms with van der Waals surface area (Å²) in [4.78, 5) is 21.0. The maximum absolute atomic E-state index is 14.3. The van der Waals surface area contributed by atoms with Gasteiger partial charge in [0.1, 0.15) is 11.6 Å². The number of aliphatic imine (C=N–C) groups is 1. The predicted octanol–water partition coefficient (Wildman–Crippen LogP) is 2.64. The molecule has 0 bridgehead atoms. The first-order valence-corrected chi connectivity index (χ1v) is 10.4. The van der Waals surface area contributed by atoms with Gasteiger partial charge in [-0.15, -0.1) is 0 Å². The van der Waals surface area contributed by atoms with Crippen LogP contribution in [0.4, 0.5) is 15.8 Å². The van der Waals surface area contributed by atoms with Crippen LogP contribution in [0.5, 0.6) is 0 Å². The Morgan fingerprint density at radius 1 is 1.40 bits per heavy atom. The highest BCUT2D eigenvalue weighted by molar-refractivity contribution is 6.10. The first kappa shape index (κ1) is 20.4. The first-order valence-electron chi connectivity index (χ1n) is 10.4. The van der Waals surface area contributed by atoms with Gasteiger partial charge in [0.25, 0.3) is 5.91 Å². The second kappa shape index (κ2) is 8.10. The van der Waals surface area contributed by atoms with Crippen LogP contribution < -0.4 is 15.5 Å². The average molecular weight is 413 g/mol. The zero-order valence-electron chi connectivity index (χ0n) is 17.6. The summed E-state index contributed by atoms with van der Waals surface area (Å²) in [6.45, 7) is 8.77. The molecule has 30 heavy (non-hydrogen) atoms. The number of amides is 1. The summed E-state index contributed by atoms with van der Waals surface area (Å²) < 4.78 is 19.9. The lowest BCUT2D eigenvalue weighted by Crippen LogP contribution is -2.49. The Hall–Kier alpha value is -2.87. The molecule has 4 rings (SSSR count). The summed E-state index contributed by atoms with van der Waals surface area (Å²) in [5.74, 6) is -1.11. The van der Waals surface area contributed by atoms with Crippen molar-refractivity contribution in [3.8, 4) is 0 Å². The fraction of sp³-hybridized carbons (Fsp3) is 0.455. The fourth-order valence-electron chi connectivity index (χ4n) is 3.94. The molecule has 1 fully saturated rings. The van der Waals surface area contributed by atoms with Crippen LogP contribution in [-0.2, 0) is 9.53 Å². The van der Waals surface area contributed by atoms with Gasteiger partial charge in [0, 0.05) is 49.3 Å². The highest BCUT2D eigenvalue weighted by Crippen LogP contribution is 2.30. The molecule has 0 aromatic heterocycles. The van der Waals surface area contributed by atoms with Crippen molar-refractivity contribution in [2.75, 3.05) is 43.0 Å². The van der Waals surface area contributed by atoms with E-state index >= 15 is 0 Å². The van der Waals surface area contributed by atoms with Gasteiger partial charge in [-0.05, 0) is 45.0 Å². The van der Waals surface area contributed by atoms with E-state index in [0.717, 1.165) is 25.3 Å². The Labute approximate surface area is 176 Å². The van der Waals surface area contributed by atoms with E-state index in [1.807, 2.05) is 31.2 Å². The Kier molecular flexibility index (Phi) is 5.51. The van der Waals surface area contributed by atoms with Gasteiger partial charge in [0.15, 0.2) is 0 Å². The second-order valence-corrected chi connectivity index (χ2v) is 8.03. The van der Waals surface area contributed by atoms with Crippen LogP contribution in [0.3, 0.4) is 0 Å². The van der Waals surface area contributed by atoms with Gasteiger partial charge in [0.2, 0.25) is 5.79 Å². The van der Waals surface area contributed by atoms with Crippen molar-refractivity contribution >= 4 is 23.1 Å². The normalized spacial score (nSPS) is 25.9. The third-order valence-electron chi connectivity index (χ3n) is 5.32. The van der Waals surface area contributed by atoms with Crippen molar-refractivity contribution in [3.05, 3.63) is 47.9 Å². The number of anilines is 2. The molecule has 1 saturated heterocycles. The maximum Gasteiger partial charge on any atom is 0.260 e. The van der Waals surface area contributed by atoms with Crippen LogP contribution in [0, 0.1) is 0 Å². The van der Waals surface area contributed by atoms with Crippen molar-refractivity contribution in [1.82, 2.24) is 10.2 Å². The molecule has 1 amide bonds. The second-order valence-electron chi connectivity index (χ2n) is 8.03. The number of carbonyl (C=O) groups excluding carboxylic acids is 1. The minimum absolute atomic E-state index is 0.0762. The molecule has 3 heterocycles. The van der Waals surface area contributed by atoms with E-state index in [9.17, 15) is 9.18 Å². The summed E-state index contributed by atoms with van der Waals surface area (Å²) in [5, 5.41) is 6.35. The van der Waals surface area contributed by atoms with Crippen molar-refractivity contribution < 1.29 is 13.9 Å². The van der Waals surface area contributed by atoms with Crippen LogP contribution in [0.15, 0.2) is 52.9 Å². The van der Waals surface area contributed by atoms with E-state index in [1.165, 1.54) is 6.92 Å². The molecule has 1 unspecified atom stereocenters. The Morgan fingerprint density at radius 3 is 2.87 bits per heavy atom. The van der Waals surface area contributed by atoms with Crippen molar-refractivity contribution in [3.63, 3.8) is 0 Å². The number of nitrogens with one attached hydrogen (secondary N) is 2. The molecule has 8 heteroatoms. The molecule has 3 aliphatic rings. The summed E-state index contributed by atoms with van der Waals surface area (Å²) in [7, 11) is 0. The Bertz CT molecular complexity index is 907. The summed E-state index contributed by atoms with van der Waals surface area (Å²) >= 11 is 0. The monoisotopic (exact) mass is 413 g/mol. The van der Waals surface area contributed by atoms with Gasteiger partial charge in [-0.3, -0.25) is 4.79 Å². The number of ether oxygens (including phenoxy) is 1. The number of piperazine rings is 1. The minimum atomic E-state index is -1.68. The number of benzene rings is 1. The fourth-order valence-corrected chi connectivity index (χ4v) is 3.94. The van der Waals surface area contributed by atoms with Gasteiger partial charge in [-0.25, -0.2) is 9.38 Å². The summed E-state index contributed by atoms with van der Waals surface area (Å²) in [6, 6.07) is 8.28. The quantitative estimate of drug-likeness (QED) is 0.727. The molecule has 7 nitrogen and oxygen atoms in total. The van der Waals surface area contributed by atoms with E-state index in [4.69, 9.17) is 4.74 Å². The molecular formula is C22H28FN5O2. The number of hydrogen-bond donors (Lipinski definition) is 2. The molecule has 160 valence electrons. The SMILES string of the molecule is CCOC1=CC2=NC(C)(F)CN2C=C1C(=O)Nc1ccc(N2CCN[C@@H](C)C2)cc1. The number of hydrogen-bond acceptors (Lipinski definition) is 6.